The van der Waals surface area contributed by atoms with Gasteiger partial charge in [0.05, 0.1) is 26.2 Å². The van der Waals surface area contributed by atoms with Crippen LogP contribution in [-0.2, 0) is 32.2 Å². The molecular weight excluding hydrogens is 699 g/mol. The number of anilines is 1. The second-order valence-electron chi connectivity index (χ2n) is 16.3. The zero-order valence-electron chi connectivity index (χ0n) is 32.9. The van der Waals surface area contributed by atoms with E-state index in [1.165, 1.54) is 18.4 Å². The van der Waals surface area contributed by atoms with E-state index in [0.717, 1.165) is 17.7 Å². The molecule has 4 aliphatic rings. The van der Waals surface area contributed by atoms with Crippen LogP contribution < -0.4 is 26.0 Å². The molecule has 3 aromatic carbocycles. The quantitative estimate of drug-likeness (QED) is 0.190. The van der Waals surface area contributed by atoms with Crippen molar-refractivity contribution in [1.29, 1.82) is 0 Å². The molecule has 0 spiro atoms. The van der Waals surface area contributed by atoms with Crippen molar-refractivity contribution in [2.24, 2.45) is 34.8 Å². The Kier molecular flexibility index (Phi) is 11.7. The van der Waals surface area contributed by atoms with Gasteiger partial charge in [0.2, 0.25) is 11.8 Å². The number of hydroxylamine groups is 2. The lowest BCUT2D eigenvalue weighted by atomic mass is 9.45. The summed E-state index contributed by atoms with van der Waals surface area (Å²) in [5, 5.41) is 17.9. The Labute approximate surface area is 323 Å². The zero-order chi connectivity index (χ0) is 39.8. The Bertz CT molecular complexity index is 1920. The van der Waals surface area contributed by atoms with Crippen LogP contribution >= 0.6 is 0 Å². The van der Waals surface area contributed by atoms with Crippen molar-refractivity contribution < 1.29 is 33.9 Å². The number of nitrogens with one attached hydrogen (secondary N) is 2. The van der Waals surface area contributed by atoms with E-state index in [9.17, 15) is 24.3 Å². The first-order valence-electron chi connectivity index (χ1n) is 19.1. The lowest BCUT2D eigenvalue weighted by molar-refractivity contribution is -0.183. The van der Waals surface area contributed by atoms with E-state index in [1.807, 2.05) is 73.6 Å². The molecule has 12 nitrogen and oxygen atoms in total. The third kappa shape index (κ3) is 7.99. The molecule has 0 unspecified atom stereocenters. The topological polar surface area (TPSA) is 164 Å². The maximum absolute atomic E-state index is 14.2. The van der Waals surface area contributed by atoms with Gasteiger partial charge in [0.15, 0.2) is 0 Å². The van der Waals surface area contributed by atoms with Crippen molar-refractivity contribution in [3.05, 3.63) is 83.4 Å². The summed E-state index contributed by atoms with van der Waals surface area (Å²) in [4.78, 5) is 61.5. The molecular formula is C43H55N5O7. The fourth-order valence-corrected chi connectivity index (χ4v) is 9.17. The number of aliphatic hydroxyl groups is 1. The highest BCUT2D eigenvalue weighted by Crippen LogP contribution is 2.61. The summed E-state index contributed by atoms with van der Waals surface area (Å²) in [7, 11) is 5.29. The number of nitrogens with two attached hydrogens (primary N) is 1. The van der Waals surface area contributed by atoms with Crippen LogP contribution in [0.25, 0.3) is 11.1 Å². The normalized spacial score (nSPS) is 26.0. The van der Waals surface area contributed by atoms with Crippen LogP contribution in [0, 0.1) is 29.1 Å². The summed E-state index contributed by atoms with van der Waals surface area (Å²) < 4.78 is 6.02. The van der Waals surface area contributed by atoms with Gasteiger partial charge in [-0.3, -0.25) is 24.0 Å². The summed E-state index contributed by atoms with van der Waals surface area (Å²) in [5.41, 5.74) is 9.91. The number of primary amides is 1. The number of ether oxygens (including phenoxy) is 1. The van der Waals surface area contributed by atoms with Gasteiger partial charge in [-0.2, -0.15) is 5.06 Å². The Morgan fingerprint density at radius 3 is 2.38 bits per heavy atom. The lowest BCUT2D eigenvalue weighted by Gasteiger charge is -2.62. The molecule has 5 N–H and O–H groups in total. The molecule has 55 heavy (non-hydrogen) atoms. The summed E-state index contributed by atoms with van der Waals surface area (Å²) in [5.74, 6) is -0.675. The SMILES string of the molecule is COc1c(CN2O[C@@H](CO)[C@@H](C(C)=O)[C@H]2C(=O)N[C@H]2C[C@H]3C[C@@H]([C@@H]2C)C3(C)C)cccc1-c1cc(C(=O)N[C@@H](Cc2ccccc2)C(N)=O)cc(N(C)C)c1. The Balaban J connectivity index is 1.29. The minimum Gasteiger partial charge on any atom is -0.496 e. The van der Waals surface area contributed by atoms with Gasteiger partial charge >= 0.3 is 0 Å². The van der Waals surface area contributed by atoms with E-state index < -0.39 is 42.5 Å². The monoisotopic (exact) mass is 753 g/mol. The Morgan fingerprint density at radius 1 is 1.05 bits per heavy atom. The molecule has 1 aliphatic heterocycles. The second kappa shape index (κ2) is 16.1. The number of methoxy groups -OCH3 is 1. The van der Waals surface area contributed by atoms with Crippen LogP contribution in [0.3, 0.4) is 0 Å². The molecule has 2 bridgehead atoms. The number of hydrogen-bond donors (Lipinski definition) is 4. The number of Topliss-reactive ketones (excluding diaryl/α,β-unsaturated/α-hetero) is 1. The van der Waals surface area contributed by atoms with Gasteiger partial charge in [-0.25, -0.2) is 0 Å². The van der Waals surface area contributed by atoms with Crippen molar-refractivity contribution >= 4 is 29.2 Å². The molecule has 3 aliphatic carbocycles. The third-order valence-electron chi connectivity index (χ3n) is 12.5. The first-order chi connectivity index (χ1) is 26.1. The van der Waals surface area contributed by atoms with Gasteiger partial charge in [-0.15, -0.1) is 0 Å². The van der Waals surface area contributed by atoms with Crippen molar-refractivity contribution in [3.8, 4) is 16.9 Å². The molecule has 3 aromatic rings. The molecule has 8 atom stereocenters. The number of ketones is 1. The zero-order valence-corrected chi connectivity index (χ0v) is 32.9. The fourth-order valence-electron chi connectivity index (χ4n) is 9.17. The molecule has 4 fully saturated rings. The number of fused-ring (bicyclic) bond motifs is 2. The number of hydrogen-bond acceptors (Lipinski definition) is 9. The van der Waals surface area contributed by atoms with Crippen LogP contribution in [0.1, 0.15) is 62.0 Å². The molecule has 3 amide bonds. The molecule has 7 rings (SSSR count). The van der Waals surface area contributed by atoms with Gasteiger partial charge in [0.1, 0.15) is 29.7 Å². The van der Waals surface area contributed by atoms with Gasteiger partial charge in [-0.05, 0) is 72.3 Å². The maximum atomic E-state index is 14.2. The smallest absolute Gasteiger partial charge is 0.252 e. The van der Waals surface area contributed by atoms with Crippen LogP contribution in [0.2, 0.25) is 0 Å². The average molecular weight is 754 g/mol. The molecule has 0 aromatic heterocycles. The van der Waals surface area contributed by atoms with Crippen molar-refractivity contribution in [3.63, 3.8) is 0 Å². The number of rotatable bonds is 14. The number of benzene rings is 3. The van der Waals surface area contributed by atoms with E-state index in [-0.39, 0.29) is 42.0 Å². The van der Waals surface area contributed by atoms with Crippen LogP contribution in [0.15, 0.2) is 66.7 Å². The summed E-state index contributed by atoms with van der Waals surface area (Å²) >= 11 is 0. The molecule has 294 valence electrons. The van der Waals surface area contributed by atoms with E-state index >= 15 is 0 Å². The molecule has 1 heterocycles. The van der Waals surface area contributed by atoms with Gasteiger partial charge in [0.25, 0.3) is 5.91 Å². The van der Waals surface area contributed by atoms with Gasteiger partial charge < -0.3 is 31.1 Å². The maximum Gasteiger partial charge on any atom is 0.252 e. The number of nitrogens with zero attached hydrogens (tertiary/aromatic N) is 2. The minimum atomic E-state index is -0.970. The number of para-hydroxylation sites is 1. The highest BCUT2D eigenvalue weighted by Gasteiger charge is 2.57. The van der Waals surface area contributed by atoms with Crippen molar-refractivity contribution in [1.82, 2.24) is 15.7 Å². The van der Waals surface area contributed by atoms with Crippen LogP contribution in [-0.4, -0.2) is 85.7 Å². The standard InChI is InChI=1S/C43H55N5O7/c1-24-33-20-30(43(33,3)4)21-34(24)45-42(53)38-37(25(2)50)36(23-49)55-48(38)22-27-14-11-15-32(39(27)54-7)28-17-29(19-31(18-28)47(5)6)41(52)46-35(40(44)51)16-26-12-9-8-10-13-26/h8-15,17-19,24,30,33-38,49H,16,20-23H2,1-7H3,(H2,44,51)(H,45,53)(H,46,52)/t24-,30+,33-,34-,35-,36-,37+,38-/m0/s1. The van der Waals surface area contributed by atoms with E-state index in [4.69, 9.17) is 15.3 Å². The number of carbonyl (C=O) groups is 4. The largest absolute Gasteiger partial charge is 0.496 e. The highest BCUT2D eigenvalue weighted by atomic mass is 16.7. The predicted molar refractivity (Wildman–Crippen MR) is 210 cm³/mol. The van der Waals surface area contributed by atoms with Crippen LogP contribution in [0.5, 0.6) is 5.75 Å². The van der Waals surface area contributed by atoms with E-state index in [0.29, 0.717) is 39.8 Å². The van der Waals surface area contributed by atoms with Gasteiger partial charge in [-0.1, -0.05) is 69.3 Å². The Hall–Kier alpha value is -4.78. The number of aliphatic hydroxyl groups excluding tert-OH is 1. The third-order valence-corrected chi connectivity index (χ3v) is 12.5. The van der Waals surface area contributed by atoms with E-state index in [1.54, 1.807) is 19.2 Å². The second-order valence-corrected chi connectivity index (χ2v) is 16.3. The highest BCUT2D eigenvalue weighted by molar-refractivity contribution is 5.99. The molecule has 1 saturated heterocycles. The predicted octanol–water partition coefficient (Wildman–Crippen LogP) is 4.12. The van der Waals surface area contributed by atoms with Gasteiger partial charge in [0, 0.05) is 48.9 Å². The Morgan fingerprint density at radius 2 is 1.78 bits per heavy atom. The number of carbonyl (C=O) groups excluding carboxylic acids is 4. The summed E-state index contributed by atoms with van der Waals surface area (Å²) in [6, 6.07) is 18.4. The average Bonchev–Trinajstić information content (AvgIpc) is 3.53. The first kappa shape index (κ1) is 39.9. The summed E-state index contributed by atoms with van der Waals surface area (Å²) in [6.45, 7) is 7.90. The van der Waals surface area contributed by atoms with E-state index in [2.05, 4.69) is 31.4 Å². The minimum absolute atomic E-state index is 0.0169. The molecule has 12 heteroatoms. The number of amides is 3. The van der Waals surface area contributed by atoms with Crippen molar-refractivity contribution in [2.75, 3.05) is 32.7 Å². The fraction of sp³-hybridized carbons (Fsp3) is 0.488. The summed E-state index contributed by atoms with van der Waals surface area (Å²) in [6.07, 6.45) is 1.42. The molecule has 3 saturated carbocycles. The lowest BCUT2D eigenvalue weighted by Crippen LogP contribution is -2.62. The first-order valence-corrected chi connectivity index (χ1v) is 19.1. The van der Waals surface area contributed by atoms with Crippen molar-refractivity contribution in [2.45, 2.75) is 77.7 Å². The van der Waals surface area contributed by atoms with Crippen LogP contribution in [0.4, 0.5) is 5.69 Å². The molecule has 0 radical (unpaired) electrons.